The normalized spacial score (nSPS) is 10.4. The van der Waals surface area contributed by atoms with Gasteiger partial charge in [0.1, 0.15) is 17.8 Å². The molecule has 0 aromatic heterocycles. The van der Waals surface area contributed by atoms with Crippen molar-refractivity contribution in [2.45, 2.75) is 0 Å². The Morgan fingerprint density at radius 2 is 1.70 bits per heavy atom. The molecule has 3 aromatic rings. The van der Waals surface area contributed by atoms with Gasteiger partial charge in [-0.15, -0.1) is 0 Å². The maximum Gasteiger partial charge on any atom is 0.150 e. The molecule has 98 valence electrons. The monoisotopic (exact) mass is 282 g/mol. The van der Waals surface area contributed by atoms with Crippen LogP contribution in [-0.4, -0.2) is 6.29 Å². The van der Waals surface area contributed by atoms with Crippen LogP contribution in [0.25, 0.3) is 10.8 Å². The van der Waals surface area contributed by atoms with Crippen molar-refractivity contribution in [2.24, 2.45) is 0 Å². The van der Waals surface area contributed by atoms with Gasteiger partial charge in [-0.05, 0) is 24.3 Å². The Bertz CT molecular complexity index is 781. The highest BCUT2D eigenvalue weighted by Crippen LogP contribution is 2.34. The van der Waals surface area contributed by atoms with E-state index >= 15 is 0 Å². The van der Waals surface area contributed by atoms with E-state index in [1.165, 1.54) is 0 Å². The summed E-state index contributed by atoms with van der Waals surface area (Å²) < 4.78 is 5.87. The first-order chi connectivity index (χ1) is 9.78. The van der Waals surface area contributed by atoms with Gasteiger partial charge in [-0.2, -0.15) is 0 Å². The lowest BCUT2D eigenvalue weighted by Crippen LogP contribution is -1.88. The van der Waals surface area contributed by atoms with Crippen LogP contribution in [0.5, 0.6) is 11.5 Å². The molecule has 20 heavy (non-hydrogen) atoms. The van der Waals surface area contributed by atoms with E-state index in [-0.39, 0.29) is 0 Å². The molecule has 3 heteroatoms. The van der Waals surface area contributed by atoms with E-state index in [2.05, 4.69) is 0 Å². The fourth-order valence-corrected chi connectivity index (χ4v) is 2.33. The second-order valence-electron chi connectivity index (χ2n) is 4.38. The second kappa shape index (κ2) is 5.35. The average molecular weight is 283 g/mol. The summed E-state index contributed by atoms with van der Waals surface area (Å²) in [6.07, 6.45) is 0.798. The van der Waals surface area contributed by atoms with Gasteiger partial charge in [-0.1, -0.05) is 48.0 Å². The van der Waals surface area contributed by atoms with Crippen LogP contribution in [-0.2, 0) is 0 Å². The van der Waals surface area contributed by atoms with E-state index in [9.17, 15) is 4.79 Å². The van der Waals surface area contributed by atoms with Gasteiger partial charge in [0.15, 0.2) is 0 Å². The SMILES string of the molecule is O=Cc1cccc(Oc2ccc(Cl)c3ccccc23)c1. The van der Waals surface area contributed by atoms with E-state index in [0.717, 1.165) is 17.1 Å². The first-order valence-corrected chi connectivity index (χ1v) is 6.56. The first kappa shape index (κ1) is 12.7. The Kier molecular flexibility index (Phi) is 3.40. The predicted molar refractivity (Wildman–Crippen MR) is 80.9 cm³/mol. The number of carbonyl (C=O) groups excluding carboxylic acids is 1. The van der Waals surface area contributed by atoms with Gasteiger partial charge in [0.25, 0.3) is 0 Å². The standard InChI is InChI=1S/C17H11ClO2/c18-16-8-9-17(15-7-2-1-6-14(15)16)20-13-5-3-4-12(10-13)11-19/h1-11H. The van der Waals surface area contributed by atoms with Crippen LogP contribution in [0.3, 0.4) is 0 Å². The average Bonchev–Trinajstić information content (AvgIpc) is 2.51. The van der Waals surface area contributed by atoms with Crippen molar-refractivity contribution in [1.82, 2.24) is 0 Å². The summed E-state index contributed by atoms with van der Waals surface area (Å²) in [6, 6.07) is 18.5. The third-order valence-corrected chi connectivity index (χ3v) is 3.38. The maximum absolute atomic E-state index is 10.8. The van der Waals surface area contributed by atoms with Crippen molar-refractivity contribution < 1.29 is 9.53 Å². The summed E-state index contributed by atoms with van der Waals surface area (Å²) in [5.41, 5.74) is 0.584. The van der Waals surface area contributed by atoms with Gasteiger partial charge in [-0.25, -0.2) is 0 Å². The van der Waals surface area contributed by atoms with Crippen LogP contribution >= 0.6 is 11.6 Å². The van der Waals surface area contributed by atoms with Crippen LogP contribution in [0.2, 0.25) is 5.02 Å². The first-order valence-electron chi connectivity index (χ1n) is 6.18. The summed E-state index contributed by atoms with van der Waals surface area (Å²) in [5, 5.41) is 2.57. The number of halogens is 1. The van der Waals surface area contributed by atoms with Gasteiger partial charge in [-0.3, -0.25) is 4.79 Å². The van der Waals surface area contributed by atoms with E-state index < -0.39 is 0 Å². The van der Waals surface area contributed by atoms with E-state index in [4.69, 9.17) is 16.3 Å². The van der Waals surface area contributed by atoms with Crippen molar-refractivity contribution in [1.29, 1.82) is 0 Å². The molecule has 0 saturated heterocycles. The molecule has 0 radical (unpaired) electrons. The Balaban J connectivity index is 2.06. The summed E-state index contributed by atoms with van der Waals surface area (Å²) in [5.74, 6) is 1.34. The fraction of sp³-hybridized carbons (Fsp3) is 0. The van der Waals surface area contributed by atoms with Crippen LogP contribution in [0, 0.1) is 0 Å². The predicted octanol–water partition coefficient (Wildman–Crippen LogP) is 5.10. The zero-order chi connectivity index (χ0) is 13.9. The number of ether oxygens (including phenoxy) is 1. The van der Waals surface area contributed by atoms with Crippen molar-refractivity contribution >= 4 is 28.7 Å². The second-order valence-corrected chi connectivity index (χ2v) is 4.79. The molecule has 0 fully saturated rings. The Morgan fingerprint density at radius 1 is 0.900 bits per heavy atom. The van der Waals surface area contributed by atoms with Gasteiger partial charge in [0.2, 0.25) is 0 Å². The Hall–Kier alpha value is -2.32. The number of carbonyl (C=O) groups is 1. The molecular weight excluding hydrogens is 272 g/mol. The molecule has 0 bridgehead atoms. The van der Waals surface area contributed by atoms with Crippen molar-refractivity contribution in [3.05, 3.63) is 71.2 Å². The minimum atomic E-state index is 0.584. The highest BCUT2D eigenvalue weighted by molar-refractivity contribution is 6.35. The van der Waals surface area contributed by atoms with Crippen molar-refractivity contribution in [3.63, 3.8) is 0 Å². The molecule has 0 aliphatic carbocycles. The van der Waals surface area contributed by atoms with E-state index in [1.807, 2.05) is 42.5 Å². The lowest BCUT2D eigenvalue weighted by Gasteiger charge is -2.10. The van der Waals surface area contributed by atoms with Crippen LogP contribution in [0.4, 0.5) is 0 Å². The lowest BCUT2D eigenvalue weighted by molar-refractivity contribution is 0.112. The molecule has 0 heterocycles. The quantitative estimate of drug-likeness (QED) is 0.625. The summed E-state index contributed by atoms with van der Waals surface area (Å²) in [6.45, 7) is 0. The molecule has 3 rings (SSSR count). The lowest BCUT2D eigenvalue weighted by atomic mass is 10.1. The van der Waals surface area contributed by atoms with Gasteiger partial charge in [0, 0.05) is 21.4 Å². The maximum atomic E-state index is 10.8. The smallest absolute Gasteiger partial charge is 0.150 e. The Labute approximate surface area is 121 Å². The molecule has 0 N–H and O–H groups in total. The number of rotatable bonds is 3. The Morgan fingerprint density at radius 3 is 2.50 bits per heavy atom. The fourth-order valence-electron chi connectivity index (χ4n) is 2.10. The van der Waals surface area contributed by atoms with Crippen LogP contribution in [0.1, 0.15) is 10.4 Å². The summed E-state index contributed by atoms with van der Waals surface area (Å²) in [7, 11) is 0. The van der Waals surface area contributed by atoms with E-state index in [0.29, 0.717) is 22.1 Å². The van der Waals surface area contributed by atoms with E-state index in [1.54, 1.807) is 18.2 Å². The number of aldehydes is 1. The number of fused-ring (bicyclic) bond motifs is 1. The molecule has 0 spiro atoms. The topological polar surface area (TPSA) is 26.3 Å². The molecule has 0 unspecified atom stereocenters. The molecule has 0 amide bonds. The molecule has 0 saturated carbocycles. The summed E-state index contributed by atoms with van der Waals surface area (Å²) >= 11 is 6.18. The van der Waals surface area contributed by atoms with Crippen molar-refractivity contribution in [3.8, 4) is 11.5 Å². The van der Waals surface area contributed by atoms with Crippen LogP contribution in [0.15, 0.2) is 60.7 Å². The van der Waals surface area contributed by atoms with Gasteiger partial charge >= 0.3 is 0 Å². The largest absolute Gasteiger partial charge is 0.457 e. The van der Waals surface area contributed by atoms with Gasteiger partial charge in [0.05, 0.1) is 0 Å². The minimum Gasteiger partial charge on any atom is -0.457 e. The molecule has 3 aromatic carbocycles. The number of hydrogen-bond acceptors (Lipinski definition) is 2. The highest BCUT2D eigenvalue weighted by atomic mass is 35.5. The molecular formula is C17H11ClO2. The molecule has 0 aliphatic heterocycles. The highest BCUT2D eigenvalue weighted by Gasteiger charge is 2.06. The third-order valence-electron chi connectivity index (χ3n) is 3.05. The zero-order valence-electron chi connectivity index (χ0n) is 10.5. The summed E-state index contributed by atoms with van der Waals surface area (Å²) in [4.78, 5) is 10.8. The molecule has 0 atom stereocenters. The molecule has 2 nitrogen and oxygen atoms in total. The molecule has 0 aliphatic rings. The third kappa shape index (κ3) is 2.38. The van der Waals surface area contributed by atoms with Crippen LogP contribution < -0.4 is 4.74 Å². The van der Waals surface area contributed by atoms with Crippen molar-refractivity contribution in [2.75, 3.05) is 0 Å². The minimum absolute atomic E-state index is 0.584. The number of hydrogen-bond donors (Lipinski definition) is 0. The van der Waals surface area contributed by atoms with Gasteiger partial charge < -0.3 is 4.74 Å². The zero-order valence-corrected chi connectivity index (χ0v) is 11.3. The number of benzene rings is 3.